The minimum absolute atomic E-state index is 0.0666. The second-order valence-electron chi connectivity index (χ2n) is 4.13. The summed E-state index contributed by atoms with van der Waals surface area (Å²) in [4.78, 5) is 26.6. The Bertz CT molecular complexity index is 656. The van der Waals surface area contributed by atoms with Crippen LogP contribution < -0.4 is 5.32 Å². The van der Waals surface area contributed by atoms with Crippen molar-refractivity contribution in [1.29, 1.82) is 0 Å². The highest BCUT2D eigenvalue weighted by atomic mass is 19.1. The quantitative estimate of drug-likeness (QED) is 0.838. The van der Waals surface area contributed by atoms with Gasteiger partial charge in [0, 0.05) is 12.1 Å². The lowest BCUT2D eigenvalue weighted by Crippen LogP contribution is -2.15. The highest BCUT2D eigenvalue weighted by molar-refractivity contribution is 5.90. The number of nitrogens with one attached hydrogen (secondary N) is 1. The van der Waals surface area contributed by atoms with Gasteiger partial charge in [0.2, 0.25) is 5.91 Å². The van der Waals surface area contributed by atoms with E-state index in [-0.39, 0.29) is 24.7 Å². The lowest BCUT2D eigenvalue weighted by molar-refractivity contribution is -0.116. The van der Waals surface area contributed by atoms with Gasteiger partial charge in [-0.2, -0.15) is 0 Å². The van der Waals surface area contributed by atoms with Crippen molar-refractivity contribution in [2.45, 2.75) is 13.0 Å². The van der Waals surface area contributed by atoms with Crippen molar-refractivity contribution < 1.29 is 18.7 Å². The summed E-state index contributed by atoms with van der Waals surface area (Å²) in [6.07, 6.45) is 1.45. The topological polar surface area (TPSA) is 86.1 Å². The number of methoxy groups -OCH3 is 1. The summed E-state index contributed by atoms with van der Waals surface area (Å²) < 4.78 is 18.8. The van der Waals surface area contributed by atoms with Crippen LogP contribution in [0.4, 0.5) is 10.1 Å². The minimum atomic E-state index is -0.641. The monoisotopic (exact) mass is 292 g/mol. The van der Waals surface area contributed by atoms with Crippen LogP contribution in [0.25, 0.3) is 0 Å². The molecule has 0 saturated carbocycles. The van der Waals surface area contributed by atoms with Crippen LogP contribution in [0.2, 0.25) is 0 Å². The van der Waals surface area contributed by atoms with E-state index in [0.29, 0.717) is 5.69 Å². The summed E-state index contributed by atoms with van der Waals surface area (Å²) in [6, 6.07) is 5.61. The molecule has 1 aromatic heterocycles. The molecular formula is C13H13FN4O3. The van der Waals surface area contributed by atoms with Crippen molar-refractivity contribution in [3.63, 3.8) is 0 Å². The Morgan fingerprint density at radius 1 is 1.43 bits per heavy atom. The third-order valence-corrected chi connectivity index (χ3v) is 2.58. The number of nitrogens with zero attached hydrogens (tertiary/aromatic N) is 3. The van der Waals surface area contributed by atoms with Gasteiger partial charge in [-0.25, -0.2) is 14.2 Å². The summed E-state index contributed by atoms with van der Waals surface area (Å²) in [5.74, 6) is -1.43. The summed E-state index contributed by atoms with van der Waals surface area (Å²) in [5, 5.41) is 6.43. The largest absolute Gasteiger partial charge is 0.463 e. The Morgan fingerprint density at radius 2 is 2.24 bits per heavy atom. The van der Waals surface area contributed by atoms with E-state index in [4.69, 9.17) is 0 Å². The van der Waals surface area contributed by atoms with Crippen molar-refractivity contribution >= 4 is 17.6 Å². The lowest BCUT2D eigenvalue weighted by Gasteiger charge is -2.05. The fourth-order valence-corrected chi connectivity index (χ4v) is 1.59. The predicted octanol–water partition coefficient (Wildman–Crippen LogP) is 1.23. The molecule has 0 aliphatic carbocycles. The molecule has 1 N–H and O–H groups in total. The predicted molar refractivity (Wildman–Crippen MR) is 71.0 cm³/mol. The van der Waals surface area contributed by atoms with E-state index in [0.717, 1.165) is 0 Å². The highest BCUT2D eigenvalue weighted by Crippen LogP contribution is 2.09. The summed E-state index contributed by atoms with van der Waals surface area (Å²) in [7, 11) is 1.23. The van der Waals surface area contributed by atoms with Crippen LogP contribution in [-0.4, -0.2) is 33.8 Å². The molecular weight excluding hydrogens is 279 g/mol. The molecule has 1 aromatic carbocycles. The van der Waals surface area contributed by atoms with E-state index in [1.54, 1.807) is 6.07 Å². The fourth-order valence-electron chi connectivity index (χ4n) is 1.59. The van der Waals surface area contributed by atoms with Crippen LogP contribution in [0.1, 0.15) is 17.0 Å². The number of hydrogen-bond acceptors (Lipinski definition) is 5. The molecule has 0 aliphatic heterocycles. The fraction of sp³-hybridized carbons (Fsp3) is 0.231. The molecule has 1 amide bonds. The number of benzene rings is 1. The number of esters is 1. The van der Waals surface area contributed by atoms with Crippen molar-refractivity contribution in [2.75, 3.05) is 12.4 Å². The van der Waals surface area contributed by atoms with E-state index < -0.39 is 11.8 Å². The summed E-state index contributed by atoms with van der Waals surface area (Å²) in [6.45, 7) is 0.241. The van der Waals surface area contributed by atoms with Crippen molar-refractivity contribution in [3.8, 4) is 0 Å². The third kappa shape index (κ3) is 4.10. The van der Waals surface area contributed by atoms with E-state index in [2.05, 4.69) is 20.1 Å². The smallest absolute Gasteiger partial charge is 0.377 e. The molecule has 2 aromatic rings. The molecule has 110 valence electrons. The maximum atomic E-state index is 13.0. The average molecular weight is 292 g/mol. The molecule has 0 radical (unpaired) electrons. The number of halogens is 1. The first kappa shape index (κ1) is 14.6. The van der Waals surface area contributed by atoms with Gasteiger partial charge in [0.15, 0.2) is 0 Å². The van der Waals surface area contributed by atoms with Crippen LogP contribution in [0, 0.1) is 5.82 Å². The first-order chi connectivity index (χ1) is 10.1. The van der Waals surface area contributed by atoms with Gasteiger partial charge >= 0.3 is 5.97 Å². The zero-order chi connectivity index (χ0) is 15.2. The average Bonchev–Trinajstić information content (AvgIpc) is 2.93. The second-order valence-corrected chi connectivity index (χ2v) is 4.13. The number of rotatable bonds is 5. The number of carbonyl (C=O) groups is 2. The van der Waals surface area contributed by atoms with Crippen LogP contribution in [0.15, 0.2) is 30.6 Å². The SMILES string of the molecule is COC(=O)c1ncn(CCC(=O)Nc2cccc(F)c2)n1. The van der Waals surface area contributed by atoms with Crippen molar-refractivity contribution in [3.05, 3.63) is 42.2 Å². The van der Waals surface area contributed by atoms with Gasteiger partial charge < -0.3 is 10.1 Å². The maximum absolute atomic E-state index is 13.0. The Hall–Kier alpha value is -2.77. The van der Waals surface area contributed by atoms with Gasteiger partial charge in [-0.3, -0.25) is 9.48 Å². The standard InChI is InChI=1S/C13H13FN4O3/c1-21-13(20)12-15-8-18(17-12)6-5-11(19)16-10-4-2-3-9(14)7-10/h2-4,7-8H,5-6H2,1H3,(H,16,19). The first-order valence-electron chi connectivity index (χ1n) is 6.11. The van der Waals surface area contributed by atoms with E-state index in [1.807, 2.05) is 0 Å². The molecule has 0 saturated heterocycles. The molecule has 7 nitrogen and oxygen atoms in total. The van der Waals surface area contributed by atoms with Crippen LogP contribution in [-0.2, 0) is 16.1 Å². The van der Waals surface area contributed by atoms with Gasteiger partial charge in [-0.15, -0.1) is 5.10 Å². The summed E-state index contributed by atoms with van der Waals surface area (Å²) >= 11 is 0. The van der Waals surface area contributed by atoms with E-state index in [9.17, 15) is 14.0 Å². The molecule has 0 aliphatic rings. The zero-order valence-corrected chi connectivity index (χ0v) is 11.2. The van der Waals surface area contributed by atoms with Crippen LogP contribution in [0.5, 0.6) is 0 Å². The zero-order valence-electron chi connectivity index (χ0n) is 11.2. The molecule has 0 unspecified atom stereocenters. The normalized spacial score (nSPS) is 10.2. The maximum Gasteiger partial charge on any atom is 0.377 e. The van der Waals surface area contributed by atoms with Crippen LogP contribution >= 0.6 is 0 Å². The Balaban J connectivity index is 1.86. The van der Waals surface area contributed by atoms with Gasteiger partial charge in [0.05, 0.1) is 13.7 Å². The molecule has 8 heteroatoms. The van der Waals surface area contributed by atoms with Gasteiger partial charge in [-0.05, 0) is 18.2 Å². The van der Waals surface area contributed by atoms with Gasteiger partial charge in [0.1, 0.15) is 12.1 Å². The van der Waals surface area contributed by atoms with E-state index >= 15 is 0 Å². The van der Waals surface area contributed by atoms with Crippen molar-refractivity contribution in [1.82, 2.24) is 14.8 Å². The lowest BCUT2D eigenvalue weighted by atomic mass is 10.3. The summed E-state index contributed by atoms with van der Waals surface area (Å²) in [5.41, 5.74) is 0.383. The Labute approximate surface area is 119 Å². The molecule has 1 heterocycles. The molecule has 0 spiro atoms. The number of amides is 1. The molecule has 2 rings (SSSR count). The number of hydrogen-bond donors (Lipinski definition) is 1. The number of aryl methyl sites for hydroxylation is 1. The molecule has 21 heavy (non-hydrogen) atoms. The minimum Gasteiger partial charge on any atom is -0.463 e. The Morgan fingerprint density at radius 3 is 2.95 bits per heavy atom. The number of ether oxygens (including phenoxy) is 1. The molecule has 0 fully saturated rings. The van der Waals surface area contributed by atoms with Crippen molar-refractivity contribution in [2.24, 2.45) is 0 Å². The Kier molecular flexibility index (Phi) is 4.60. The first-order valence-corrected chi connectivity index (χ1v) is 6.11. The van der Waals surface area contributed by atoms with E-state index in [1.165, 1.54) is 36.3 Å². The third-order valence-electron chi connectivity index (χ3n) is 2.58. The second kappa shape index (κ2) is 6.60. The number of aromatic nitrogens is 3. The van der Waals surface area contributed by atoms with Gasteiger partial charge in [-0.1, -0.05) is 6.07 Å². The van der Waals surface area contributed by atoms with Crippen LogP contribution in [0.3, 0.4) is 0 Å². The molecule has 0 bridgehead atoms. The molecule has 0 atom stereocenters. The number of anilines is 1. The van der Waals surface area contributed by atoms with Gasteiger partial charge in [0.25, 0.3) is 5.82 Å². The highest BCUT2D eigenvalue weighted by Gasteiger charge is 2.11. The number of carbonyl (C=O) groups excluding carboxylic acids is 2.